The molecular weight excluding hydrogens is 228 g/mol. The monoisotopic (exact) mass is 240 g/mol. The van der Waals surface area contributed by atoms with E-state index >= 15 is 0 Å². The Morgan fingerprint density at radius 2 is 1.25 bits per heavy atom. The number of carbonyl (C=O) groups excluding carboxylic acids is 2. The summed E-state index contributed by atoms with van der Waals surface area (Å²) in [7, 11) is 0. The first-order valence-electron chi connectivity index (χ1n) is 4.09. The van der Waals surface area contributed by atoms with Crippen LogP contribution >= 0.6 is 12.2 Å². The summed E-state index contributed by atoms with van der Waals surface area (Å²) in [5.41, 5.74) is 19.8. The fraction of sp³-hybridized carbons (Fsp3) is 0. The molecule has 86 valence electrons. The van der Waals surface area contributed by atoms with Gasteiger partial charge in [-0.15, -0.1) is 0 Å². The number of amides is 2. The Morgan fingerprint density at radius 3 is 1.50 bits per heavy atom. The van der Waals surface area contributed by atoms with Crippen LogP contribution < -0.4 is 22.9 Å². The van der Waals surface area contributed by atoms with Crippen LogP contribution in [0.25, 0.3) is 0 Å². The van der Waals surface area contributed by atoms with Crippen LogP contribution in [0.2, 0.25) is 0 Å². The molecule has 0 radical (unpaired) electrons. The smallest absolute Gasteiger partial charge is 0.248 e. The number of hydrogen-bond acceptors (Lipinski definition) is 3. The Bertz CT molecular complexity index is 386. The van der Waals surface area contributed by atoms with E-state index in [-0.39, 0.29) is 16.2 Å². The van der Waals surface area contributed by atoms with Crippen LogP contribution in [-0.4, -0.2) is 16.9 Å². The molecule has 0 unspecified atom stereocenters. The number of benzene rings is 1. The van der Waals surface area contributed by atoms with Crippen molar-refractivity contribution in [2.24, 2.45) is 22.9 Å². The summed E-state index contributed by atoms with van der Waals surface area (Å²) in [6, 6.07) is 5.97. The van der Waals surface area contributed by atoms with Gasteiger partial charge >= 0.3 is 0 Å². The molecule has 2 amide bonds. The quantitative estimate of drug-likeness (QED) is 0.495. The molecule has 0 fully saturated rings. The van der Waals surface area contributed by atoms with Gasteiger partial charge in [-0.05, 0) is 30.4 Å². The molecule has 0 bridgehead atoms. The molecule has 0 aromatic heterocycles. The Hall–Kier alpha value is -2.15. The maximum Gasteiger partial charge on any atom is 0.248 e. The molecule has 0 aliphatic heterocycles. The lowest BCUT2D eigenvalue weighted by molar-refractivity contribution is 0.0999. The lowest BCUT2D eigenvalue weighted by Crippen LogP contribution is -2.18. The fourth-order valence-electron chi connectivity index (χ4n) is 0.826. The number of primary amides is 2. The van der Waals surface area contributed by atoms with E-state index in [9.17, 15) is 9.59 Å². The Kier molecular flexibility index (Phi) is 5.50. The topological polar surface area (TPSA) is 138 Å². The van der Waals surface area contributed by atoms with E-state index < -0.39 is 11.8 Å². The van der Waals surface area contributed by atoms with Gasteiger partial charge in [0.25, 0.3) is 0 Å². The van der Waals surface area contributed by atoms with E-state index in [2.05, 4.69) is 23.7 Å². The molecule has 1 aromatic rings. The minimum atomic E-state index is -0.571. The van der Waals surface area contributed by atoms with Gasteiger partial charge in [-0.1, -0.05) is 6.07 Å². The second kappa shape index (κ2) is 6.36. The molecule has 1 rings (SSSR count). The lowest BCUT2D eigenvalue weighted by Gasteiger charge is -1.97. The molecular formula is C9H12N4O2S. The average molecular weight is 240 g/mol. The van der Waals surface area contributed by atoms with E-state index in [1.54, 1.807) is 6.07 Å². The second-order valence-electron chi connectivity index (χ2n) is 2.71. The third-order valence-corrected chi connectivity index (χ3v) is 1.43. The van der Waals surface area contributed by atoms with Crippen LogP contribution in [0.4, 0.5) is 0 Å². The van der Waals surface area contributed by atoms with Crippen molar-refractivity contribution in [3.63, 3.8) is 0 Å². The van der Waals surface area contributed by atoms with Crippen molar-refractivity contribution in [3.05, 3.63) is 35.4 Å². The van der Waals surface area contributed by atoms with Gasteiger partial charge in [0, 0.05) is 11.1 Å². The highest BCUT2D eigenvalue weighted by Gasteiger charge is 2.03. The first kappa shape index (κ1) is 13.8. The summed E-state index contributed by atoms with van der Waals surface area (Å²) >= 11 is 4.09. The predicted molar refractivity (Wildman–Crippen MR) is 64.5 cm³/mol. The number of carbonyl (C=O) groups is 2. The summed E-state index contributed by atoms with van der Waals surface area (Å²) in [5.74, 6) is -1.14. The molecule has 0 spiro atoms. The van der Waals surface area contributed by atoms with Crippen LogP contribution in [-0.2, 0) is 0 Å². The van der Waals surface area contributed by atoms with Crippen molar-refractivity contribution in [2.75, 3.05) is 0 Å². The van der Waals surface area contributed by atoms with E-state index in [0.29, 0.717) is 0 Å². The van der Waals surface area contributed by atoms with Gasteiger partial charge in [0.15, 0.2) is 5.11 Å². The SMILES string of the molecule is NC(=O)c1cccc(C(N)=O)c1.NC(N)=S. The van der Waals surface area contributed by atoms with Gasteiger partial charge in [0.1, 0.15) is 0 Å². The van der Waals surface area contributed by atoms with Crippen molar-refractivity contribution in [1.82, 2.24) is 0 Å². The Balaban J connectivity index is 0.000000487. The van der Waals surface area contributed by atoms with Gasteiger partial charge in [-0.25, -0.2) is 0 Å². The molecule has 1 aromatic carbocycles. The molecule has 0 saturated carbocycles. The van der Waals surface area contributed by atoms with Gasteiger partial charge in [-0.3, -0.25) is 9.59 Å². The van der Waals surface area contributed by atoms with Crippen LogP contribution in [0, 0.1) is 0 Å². The molecule has 0 aliphatic carbocycles. The van der Waals surface area contributed by atoms with Gasteiger partial charge in [0.2, 0.25) is 11.8 Å². The highest BCUT2D eigenvalue weighted by molar-refractivity contribution is 7.80. The standard InChI is InChI=1S/C8H8N2O2.CH4N2S/c9-7(11)5-2-1-3-6(4-5)8(10)12;2-1(3)4/h1-4H,(H2,9,11)(H2,10,12);(H4,2,3,4). The third kappa shape index (κ3) is 5.55. The van der Waals surface area contributed by atoms with Crippen LogP contribution in [0.15, 0.2) is 24.3 Å². The summed E-state index contributed by atoms with van der Waals surface area (Å²) in [6.45, 7) is 0. The van der Waals surface area contributed by atoms with Crippen molar-refractivity contribution in [1.29, 1.82) is 0 Å². The molecule has 0 aliphatic rings. The van der Waals surface area contributed by atoms with Crippen molar-refractivity contribution >= 4 is 29.1 Å². The highest BCUT2D eigenvalue weighted by Crippen LogP contribution is 2.03. The fourth-order valence-corrected chi connectivity index (χ4v) is 0.826. The van der Waals surface area contributed by atoms with E-state index in [4.69, 9.17) is 11.5 Å². The normalized spacial score (nSPS) is 8.50. The highest BCUT2D eigenvalue weighted by atomic mass is 32.1. The predicted octanol–water partition coefficient (Wildman–Crippen LogP) is -0.927. The van der Waals surface area contributed by atoms with Gasteiger partial charge < -0.3 is 22.9 Å². The number of rotatable bonds is 2. The zero-order valence-corrected chi connectivity index (χ0v) is 9.16. The van der Waals surface area contributed by atoms with E-state index in [0.717, 1.165) is 0 Å². The molecule has 0 saturated heterocycles. The van der Waals surface area contributed by atoms with Gasteiger partial charge in [0.05, 0.1) is 0 Å². The number of thiocarbonyl (C=S) groups is 1. The zero-order valence-electron chi connectivity index (χ0n) is 8.34. The Morgan fingerprint density at radius 1 is 0.938 bits per heavy atom. The lowest BCUT2D eigenvalue weighted by atomic mass is 10.1. The maximum absolute atomic E-state index is 10.6. The molecule has 16 heavy (non-hydrogen) atoms. The molecule has 0 atom stereocenters. The van der Waals surface area contributed by atoms with Crippen molar-refractivity contribution < 1.29 is 9.59 Å². The zero-order chi connectivity index (χ0) is 12.7. The first-order chi connectivity index (χ1) is 7.34. The minimum absolute atomic E-state index is 0.000000000000000222. The minimum Gasteiger partial charge on any atom is -0.377 e. The molecule has 6 nitrogen and oxygen atoms in total. The summed E-state index contributed by atoms with van der Waals surface area (Å²) in [5, 5.41) is 0.000000000000000222. The maximum atomic E-state index is 10.6. The average Bonchev–Trinajstić information content (AvgIpc) is 2.17. The summed E-state index contributed by atoms with van der Waals surface area (Å²) in [4.78, 5) is 21.3. The Labute approximate surface area is 97.6 Å². The van der Waals surface area contributed by atoms with Crippen LogP contribution in [0.1, 0.15) is 20.7 Å². The molecule has 8 N–H and O–H groups in total. The third-order valence-electron chi connectivity index (χ3n) is 1.43. The van der Waals surface area contributed by atoms with Gasteiger partial charge in [-0.2, -0.15) is 0 Å². The number of nitrogens with two attached hydrogens (primary N) is 4. The van der Waals surface area contributed by atoms with E-state index in [1.807, 2.05) is 0 Å². The van der Waals surface area contributed by atoms with Crippen molar-refractivity contribution in [3.8, 4) is 0 Å². The van der Waals surface area contributed by atoms with E-state index in [1.165, 1.54) is 18.2 Å². The van der Waals surface area contributed by atoms with Crippen LogP contribution in [0.5, 0.6) is 0 Å². The second-order valence-corrected chi connectivity index (χ2v) is 3.18. The summed E-state index contributed by atoms with van der Waals surface area (Å²) in [6.07, 6.45) is 0. The molecule has 0 heterocycles. The summed E-state index contributed by atoms with van der Waals surface area (Å²) < 4.78 is 0. The molecule has 7 heteroatoms. The largest absolute Gasteiger partial charge is 0.377 e. The van der Waals surface area contributed by atoms with Crippen molar-refractivity contribution in [2.45, 2.75) is 0 Å². The number of hydrogen-bond donors (Lipinski definition) is 4. The first-order valence-corrected chi connectivity index (χ1v) is 4.50. The van der Waals surface area contributed by atoms with Crippen LogP contribution in [0.3, 0.4) is 0 Å².